The Kier molecular flexibility index (Phi) is 9.32. The molecule has 0 saturated carbocycles. The van der Waals surface area contributed by atoms with E-state index in [-0.39, 0.29) is 11.5 Å². The van der Waals surface area contributed by atoms with Crippen molar-refractivity contribution in [2.45, 2.75) is 0 Å². The minimum absolute atomic E-state index is 0.0278. The van der Waals surface area contributed by atoms with E-state index < -0.39 is 11.9 Å². The molecule has 0 aliphatic rings. The Balaban J connectivity index is 0.000000291. The van der Waals surface area contributed by atoms with Crippen molar-refractivity contribution in [3.05, 3.63) is 59.7 Å². The average molecular weight is 402 g/mol. The lowest BCUT2D eigenvalue weighted by molar-refractivity contribution is -0.135. The highest BCUT2D eigenvalue weighted by atomic mass is 16.5. The second-order valence-electron chi connectivity index (χ2n) is 5.39. The fourth-order valence-electron chi connectivity index (χ4n) is 2.00. The smallest absolute Gasteiger partial charge is 0.330 e. The molecule has 0 spiro atoms. The molecule has 2 aromatic rings. The Bertz CT molecular complexity index is 900. The summed E-state index contributed by atoms with van der Waals surface area (Å²) in [6.07, 6.45) is 5.32. The maximum atomic E-state index is 10.8. The number of methoxy groups -OCH3 is 3. The van der Waals surface area contributed by atoms with Crippen molar-refractivity contribution < 1.29 is 39.1 Å². The Morgan fingerprint density at radius 3 is 1.62 bits per heavy atom. The summed E-state index contributed by atoms with van der Waals surface area (Å²) in [5.74, 6) is -0.675. The van der Waals surface area contributed by atoms with E-state index in [2.05, 4.69) is 4.74 Å². The quantitative estimate of drug-likeness (QED) is 0.498. The minimum atomic E-state index is -1.02. The summed E-state index contributed by atoms with van der Waals surface area (Å²) in [5.41, 5.74) is 1.40. The van der Waals surface area contributed by atoms with E-state index in [4.69, 9.17) is 14.6 Å². The second kappa shape index (κ2) is 11.7. The molecule has 154 valence electrons. The number of carbonyl (C=O) groups is 2. The molecule has 29 heavy (non-hydrogen) atoms. The fraction of sp³-hybridized carbons (Fsp3) is 0.143. The molecule has 0 bridgehead atoms. The van der Waals surface area contributed by atoms with Crippen LogP contribution in [0.1, 0.15) is 11.1 Å². The van der Waals surface area contributed by atoms with Crippen molar-refractivity contribution in [2.24, 2.45) is 0 Å². The van der Waals surface area contributed by atoms with Crippen LogP contribution in [0.5, 0.6) is 23.0 Å². The zero-order valence-corrected chi connectivity index (χ0v) is 16.2. The number of esters is 1. The van der Waals surface area contributed by atoms with Gasteiger partial charge >= 0.3 is 11.9 Å². The van der Waals surface area contributed by atoms with Gasteiger partial charge in [-0.25, -0.2) is 9.59 Å². The number of benzene rings is 2. The molecule has 0 aliphatic heterocycles. The lowest BCUT2D eigenvalue weighted by atomic mass is 10.2. The van der Waals surface area contributed by atoms with Crippen molar-refractivity contribution in [1.29, 1.82) is 0 Å². The standard InChI is InChI=1S/C11H12O4.C10H10O4/c1-14-10-7-8(3-5-9(10)12)4-6-11(13)15-2;1-14-9-6-7(2-4-8(9)11)3-5-10(12)13/h3-7,12H,1-2H3;2-6,11H,1H3,(H,12,13). The van der Waals surface area contributed by atoms with Gasteiger partial charge in [-0.3, -0.25) is 0 Å². The molecule has 3 N–H and O–H groups in total. The number of aliphatic carboxylic acids is 1. The number of carboxylic acids is 1. The van der Waals surface area contributed by atoms with Gasteiger partial charge in [0.25, 0.3) is 0 Å². The summed E-state index contributed by atoms with van der Waals surface area (Å²) >= 11 is 0. The third kappa shape index (κ3) is 8.08. The highest BCUT2D eigenvalue weighted by Gasteiger charge is 2.01. The van der Waals surface area contributed by atoms with Crippen LogP contribution in [0.15, 0.2) is 48.6 Å². The predicted molar refractivity (Wildman–Crippen MR) is 107 cm³/mol. The molecule has 0 aliphatic carbocycles. The van der Waals surface area contributed by atoms with Gasteiger partial charge in [0.1, 0.15) is 0 Å². The van der Waals surface area contributed by atoms with Crippen LogP contribution in [0, 0.1) is 0 Å². The third-order valence-electron chi connectivity index (χ3n) is 3.44. The van der Waals surface area contributed by atoms with Crippen LogP contribution in [0.25, 0.3) is 12.2 Å². The lowest BCUT2D eigenvalue weighted by Gasteiger charge is -2.03. The summed E-state index contributed by atoms with van der Waals surface area (Å²) in [5, 5.41) is 27.0. The second-order valence-corrected chi connectivity index (χ2v) is 5.39. The predicted octanol–water partition coefficient (Wildman–Crippen LogP) is 3.09. The number of carbonyl (C=O) groups excluding carboxylic acids is 1. The molecule has 0 aromatic heterocycles. The van der Waals surface area contributed by atoms with E-state index in [1.54, 1.807) is 30.3 Å². The van der Waals surface area contributed by atoms with Gasteiger partial charge in [-0.1, -0.05) is 12.1 Å². The minimum Gasteiger partial charge on any atom is -0.504 e. The zero-order valence-electron chi connectivity index (χ0n) is 16.2. The molecular formula is C21H22O8. The van der Waals surface area contributed by atoms with Crippen LogP contribution < -0.4 is 9.47 Å². The van der Waals surface area contributed by atoms with Crippen LogP contribution >= 0.6 is 0 Å². The Morgan fingerprint density at radius 2 is 1.24 bits per heavy atom. The molecule has 0 amide bonds. The number of hydrogen-bond donors (Lipinski definition) is 3. The number of phenolic OH excluding ortho intramolecular Hbond substituents is 2. The molecule has 0 unspecified atom stereocenters. The first kappa shape index (κ1) is 23.1. The fourth-order valence-corrected chi connectivity index (χ4v) is 2.00. The van der Waals surface area contributed by atoms with Gasteiger partial charge in [-0.2, -0.15) is 0 Å². The van der Waals surface area contributed by atoms with E-state index in [1.165, 1.54) is 45.6 Å². The molecular weight excluding hydrogens is 380 g/mol. The highest BCUT2D eigenvalue weighted by molar-refractivity contribution is 5.87. The first-order valence-electron chi connectivity index (χ1n) is 8.21. The first-order chi connectivity index (χ1) is 13.8. The first-order valence-corrected chi connectivity index (χ1v) is 8.21. The van der Waals surface area contributed by atoms with E-state index in [0.717, 1.165) is 11.6 Å². The normalized spacial score (nSPS) is 10.3. The summed E-state index contributed by atoms with van der Waals surface area (Å²) in [6, 6.07) is 9.37. The van der Waals surface area contributed by atoms with Crippen molar-refractivity contribution in [3.63, 3.8) is 0 Å². The summed E-state index contributed by atoms with van der Waals surface area (Å²) in [6.45, 7) is 0. The third-order valence-corrected chi connectivity index (χ3v) is 3.44. The SMILES string of the molecule is COC(=O)C=Cc1ccc(O)c(OC)c1.COc1cc(C=CC(=O)O)ccc1O. The monoisotopic (exact) mass is 402 g/mol. The average Bonchev–Trinajstić information content (AvgIpc) is 2.72. The van der Waals surface area contributed by atoms with Crippen LogP contribution in [0.2, 0.25) is 0 Å². The van der Waals surface area contributed by atoms with E-state index in [9.17, 15) is 19.8 Å². The molecule has 2 aromatic carbocycles. The molecule has 0 atom stereocenters. The lowest BCUT2D eigenvalue weighted by Crippen LogP contribution is -1.93. The van der Waals surface area contributed by atoms with Gasteiger partial charge in [0, 0.05) is 12.2 Å². The Hall–Kier alpha value is -3.94. The van der Waals surface area contributed by atoms with Crippen LogP contribution in [0.3, 0.4) is 0 Å². The number of aromatic hydroxyl groups is 2. The van der Waals surface area contributed by atoms with Gasteiger partial charge in [-0.05, 0) is 47.5 Å². The molecule has 0 saturated heterocycles. The number of ether oxygens (including phenoxy) is 3. The molecule has 2 rings (SSSR count). The van der Waals surface area contributed by atoms with Gasteiger partial charge in [0.15, 0.2) is 23.0 Å². The maximum Gasteiger partial charge on any atom is 0.330 e. The molecule has 0 radical (unpaired) electrons. The molecule has 8 heteroatoms. The van der Waals surface area contributed by atoms with Gasteiger partial charge in [0.2, 0.25) is 0 Å². The van der Waals surface area contributed by atoms with Crippen molar-refractivity contribution in [3.8, 4) is 23.0 Å². The summed E-state index contributed by atoms with van der Waals surface area (Å²) in [7, 11) is 4.20. The van der Waals surface area contributed by atoms with Crippen LogP contribution in [0.4, 0.5) is 0 Å². The Labute approximate surface area is 167 Å². The summed E-state index contributed by atoms with van der Waals surface area (Å²) < 4.78 is 14.2. The van der Waals surface area contributed by atoms with Gasteiger partial charge in [0.05, 0.1) is 21.3 Å². The topological polar surface area (TPSA) is 123 Å². The van der Waals surface area contributed by atoms with E-state index in [1.807, 2.05) is 0 Å². The van der Waals surface area contributed by atoms with Crippen LogP contribution in [-0.2, 0) is 14.3 Å². The molecule has 8 nitrogen and oxygen atoms in total. The number of carboxylic acid groups (broad SMARTS) is 1. The number of phenols is 2. The van der Waals surface area contributed by atoms with Gasteiger partial charge < -0.3 is 29.5 Å². The van der Waals surface area contributed by atoms with Crippen molar-refractivity contribution in [1.82, 2.24) is 0 Å². The van der Waals surface area contributed by atoms with E-state index in [0.29, 0.717) is 17.1 Å². The van der Waals surface area contributed by atoms with Crippen molar-refractivity contribution >= 4 is 24.1 Å². The Morgan fingerprint density at radius 1 is 0.793 bits per heavy atom. The molecule has 0 heterocycles. The number of rotatable bonds is 6. The van der Waals surface area contributed by atoms with Gasteiger partial charge in [-0.15, -0.1) is 0 Å². The highest BCUT2D eigenvalue weighted by Crippen LogP contribution is 2.27. The van der Waals surface area contributed by atoms with Crippen LogP contribution in [-0.4, -0.2) is 48.6 Å². The molecule has 0 fully saturated rings. The zero-order chi connectivity index (χ0) is 21.8. The maximum absolute atomic E-state index is 10.8. The van der Waals surface area contributed by atoms with E-state index >= 15 is 0 Å². The van der Waals surface area contributed by atoms with Crippen molar-refractivity contribution in [2.75, 3.05) is 21.3 Å². The summed E-state index contributed by atoms with van der Waals surface area (Å²) in [4.78, 5) is 21.0. The largest absolute Gasteiger partial charge is 0.504 e. The number of hydrogen-bond acceptors (Lipinski definition) is 7.